The third kappa shape index (κ3) is 4.15. The molecule has 0 aliphatic carbocycles. The van der Waals surface area contributed by atoms with Crippen LogP contribution < -0.4 is 9.47 Å². The van der Waals surface area contributed by atoms with Crippen LogP contribution in [0, 0.1) is 5.92 Å². The maximum absolute atomic E-state index is 10.3. The summed E-state index contributed by atoms with van der Waals surface area (Å²) >= 11 is 3.54. The van der Waals surface area contributed by atoms with Crippen molar-refractivity contribution in [2.75, 3.05) is 33.9 Å². The third-order valence-electron chi connectivity index (χ3n) is 4.31. The number of likely N-dealkylation sites (tertiary alicyclic amines) is 1. The zero-order valence-electron chi connectivity index (χ0n) is 13.6. The lowest BCUT2D eigenvalue weighted by Crippen LogP contribution is -2.44. The first-order chi connectivity index (χ1) is 10.6. The molecule has 1 aromatic rings. The van der Waals surface area contributed by atoms with Crippen molar-refractivity contribution in [2.24, 2.45) is 5.92 Å². The van der Waals surface area contributed by atoms with Gasteiger partial charge in [0.15, 0.2) is 11.5 Å². The standard InChI is InChI=1S/C17H26BrNO3/c1-4-6-19-7-5-15(20)13(11-19)8-12-9-14(18)17(22-3)16(10-12)21-2/h9-10,13,15,20H,4-8,11H2,1-3H3. The van der Waals surface area contributed by atoms with Crippen molar-refractivity contribution in [3.8, 4) is 11.5 Å². The Morgan fingerprint density at radius 1 is 1.32 bits per heavy atom. The van der Waals surface area contributed by atoms with Crippen molar-refractivity contribution in [3.63, 3.8) is 0 Å². The van der Waals surface area contributed by atoms with Crippen molar-refractivity contribution in [3.05, 3.63) is 22.2 Å². The Hall–Kier alpha value is -0.780. The van der Waals surface area contributed by atoms with Gasteiger partial charge in [0.2, 0.25) is 0 Å². The molecule has 0 spiro atoms. The molecule has 1 fully saturated rings. The number of piperidine rings is 1. The molecule has 0 saturated carbocycles. The van der Waals surface area contributed by atoms with Gasteiger partial charge in [-0.1, -0.05) is 6.92 Å². The maximum Gasteiger partial charge on any atom is 0.174 e. The van der Waals surface area contributed by atoms with Crippen LogP contribution in [-0.2, 0) is 6.42 Å². The summed E-state index contributed by atoms with van der Waals surface area (Å²) in [7, 11) is 3.28. The van der Waals surface area contributed by atoms with E-state index in [1.54, 1.807) is 14.2 Å². The number of aliphatic hydroxyl groups is 1. The smallest absolute Gasteiger partial charge is 0.174 e. The molecule has 1 aliphatic rings. The number of halogens is 1. The van der Waals surface area contributed by atoms with Gasteiger partial charge >= 0.3 is 0 Å². The Kier molecular flexibility index (Phi) is 6.53. The second-order valence-corrected chi connectivity index (χ2v) is 6.79. The van der Waals surface area contributed by atoms with E-state index in [1.165, 1.54) is 0 Å². The number of ether oxygens (including phenoxy) is 2. The van der Waals surface area contributed by atoms with Gasteiger partial charge < -0.3 is 19.5 Å². The highest BCUT2D eigenvalue weighted by Crippen LogP contribution is 2.37. The second kappa shape index (κ2) is 8.18. The van der Waals surface area contributed by atoms with E-state index in [-0.39, 0.29) is 12.0 Å². The van der Waals surface area contributed by atoms with Gasteiger partial charge in [-0.05, 0) is 59.4 Å². The molecule has 2 unspecified atom stereocenters. The SMILES string of the molecule is CCCN1CCC(O)C(Cc2cc(Br)c(OC)c(OC)c2)C1. The van der Waals surface area contributed by atoms with Crippen LogP contribution in [0.15, 0.2) is 16.6 Å². The molecule has 2 atom stereocenters. The molecule has 22 heavy (non-hydrogen) atoms. The molecule has 0 radical (unpaired) electrons. The minimum atomic E-state index is -0.222. The fourth-order valence-corrected chi connectivity index (χ4v) is 3.86. The van der Waals surface area contributed by atoms with Crippen molar-refractivity contribution in [1.82, 2.24) is 4.90 Å². The van der Waals surface area contributed by atoms with Gasteiger partial charge in [-0.15, -0.1) is 0 Å². The normalized spacial score (nSPS) is 22.6. The summed E-state index contributed by atoms with van der Waals surface area (Å²) in [6.07, 6.45) is 2.64. The molecular weight excluding hydrogens is 346 g/mol. The quantitative estimate of drug-likeness (QED) is 0.833. The molecule has 2 rings (SSSR count). The number of rotatable bonds is 6. The Labute approximate surface area is 141 Å². The topological polar surface area (TPSA) is 41.9 Å². The average molecular weight is 372 g/mol. The van der Waals surface area contributed by atoms with Gasteiger partial charge in [0.05, 0.1) is 24.8 Å². The summed E-state index contributed by atoms with van der Waals surface area (Å²) in [6.45, 7) is 5.27. The van der Waals surface area contributed by atoms with Crippen LogP contribution in [0.5, 0.6) is 11.5 Å². The van der Waals surface area contributed by atoms with Crippen molar-refractivity contribution in [2.45, 2.75) is 32.3 Å². The molecule has 1 heterocycles. The van der Waals surface area contributed by atoms with E-state index >= 15 is 0 Å². The van der Waals surface area contributed by atoms with Crippen LogP contribution in [0.25, 0.3) is 0 Å². The first-order valence-electron chi connectivity index (χ1n) is 7.89. The minimum absolute atomic E-state index is 0.222. The molecule has 0 amide bonds. The molecule has 5 heteroatoms. The van der Waals surface area contributed by atoms with Gasteiger partial charge in [-0.3, -0.25) is 0 Å². The van der Waals surface area contributed by atoms with Gasteiger partial charge in [0.25, 0.3) is 0 Å². The molecule has 1 aromatic carbocycles. The van der Waals surface area contributed by atoms with Crippen LogP contribution in [-0.4, -0.2) is 50.0 Å². The third-order valence-corrected chi connectivity index (χ3v) is 4.90. The summed E-state index contributed by atoms with van der Waals surface area (Å²) < 4.78 is 11.6. The van der Waals surface area contributed by atoms with Gasteiger partial charge in [0.1, 0.15) is 0 Å². The molecule has 1 saturated heterocycles. The van der Waals surface area contributed by atoms with Crippen molar-refractivity contribution < 1.29 is 14.6 Å². The molecular formula is C17H26BrNO3. The number of nitrogens with zero attached hydrogens (tertiary/aromatic N) is 1. The van der Waals surface area contributed by atoms with E-state index in [9.17, 15) is 5.11 Å². The monoisotopic (exact) mass is 371 g/mol. The van der Waals surface area contributed by atoms with Crippen LogP contribution in [0.1, 0.15) is 25.3 Å². The van der Waals surface area contributed by atoms with Gasteiger partial charge in [0, 0.05) is 19.0 Å². The van der Waals surface area contributed by atoms with Crippen LogP contribution in [0.2, 0.25) is 0 Å². The van der Waals surface area contributed by atoms with Crippen LogP contribution >= 0.6 is 15.9 Å². The fourth-order valence-electron chi connectivity index (χ4n) is 3.21. The molecule has 1 N–H and O–H groups in total. The molecule has 4 nitrogen and oxygen atoms in total. The van der Waals surface area contributed by atoms with Crippen LogP contribution in [0.4, 0.5) is 0 Å². The summed E-state index contributed by atoms with van der Waals surface area (Å²) in [6, 6.07) is 4.07. The second-order valence-electron chi connectivity index (χ2n) is 5.93. The number of hydrogen-bond donors (Lipinski definition) is 1. The lowest BCUT2D eigenvalue weighted by Gasteiger charge is -2.36. The number of benzene rings is 1. The van der Waals surface area contributed by atoms with E-state index in [4.69, 9.17) is 9.47 Å². The number of hydrogen-bond acceptors (Lipinski definition) is 4. The van der Waals surface area contributed by atoms with Gasteiger partial charge in [-0.2, -0.15) is 0 Å². The lowest BCUT2D eigenvalue weighted by atomic mass is 9.88. The highest BCUT2D eigenvalue weighted by atomic mass is 79.9. The molecule has 0 bridgehead atoms. The van der Waals surface area contributed by atoms with E-state index in [2.05, 4.69) is 33.8 Å². The number of aliphatic hydroxyl groups excluding tert-OH is 1. The van der Waals surface area contributed by atoms with E-state index in [0.29, 0.717) is 5.75 Å². The highest BCUT2D eigenvalue weighted by molar-refractivity contribution is 9.10. The molecule has 124 valence electrons. The summed E-state index contributed by atoms with van der Waals surface area (Å²) in [4.78, 5) is 2.45. The average Bonchev–Trinajstić information content (AvgIpc) is 2.50. The predicted octanol–water partition coefficient (Wildman–Crippen LogP) is 3.10. The summed E-state index contributed by atoms with van der Waals surface area (Å²) in [5.74, 6) is 1.70. The van der Waals surface area contributed by atoms with Crippen LogP contribution in [0.3, 0.4) is 0 Å². The zero-order chi connectivity index (χ0) is 16.1. The lowest BCUT2D eigenvalue weighted by molar-refractivity contribution is 0.0270. The first kappa shape index (κ1) is 17.6. The zero-order valence-corrected chi connectivity index (χ0v) is 15.2. The molecule has 1 aliphatic heterocycles. The largest absolute Gasteiger partial charge is 0.493 e. The van der Waals surface area contributed by atoms with Crippen molar-refractivity contribution >= 4 is 15.9 Å². The van der Waals surface area contributed by atoms with Crippen molar-refractivity contribution in [1.29, 1.82) is 0 Å². The summed E-state index contributed by atoms with van der Waals surface area (Å²) in [5.41, 5.74) is 1.16. The first-order valence-corrected chi connectivity index (χ1v) is 8.69. The Morgan fingerprint density at radius 3 is 2.73 bits per heavy atom. The summed E-state index contributed by atoms with van der Waals surface area (Å²) in [5, 5.41) is 10.3. The van der Waals surface area contributed by atoms with E-state index in [1.807, 2.05) is 6.07 Å². The highest BCUT2D eigenvalue weighted by Gasteiger charge is 2.27. The predicted molar refractivity (Wildman–Crippen MR) is 91.8 cm³/mol. The maximum atomic E-state index is 10.3. The van der Waals surface area contributed by atoms with Gasteiger partial charge in [-0.25, -0.2) is 0 Å². The van der Waals surface area contributed by atoms with E-state index in [0.717, 1.165) is 54.7 Å². The van der Waals surface area contributed by atoms with E-state index < -0.39 is 0 Å². The Bertz CT molecular complexity index is 495. The fraction of sp³-hybridized carbons (Fsp3) is 0.647. The minimum Gasteiger partial charge on any atom is -0.493 e. The Morgan fingerprint density at radius 2 is 2.09 bits per heavy atom. The molecule has 0 aromatic heterocycles. The Balaban J connectivity index is 2.13. The number of methoxy groups -OCH3 is 2.